The molecule has 1 amide bonds. The summed E-state index contributed by atoms with van der Waals surface area (Å²) in [4.78, 5) is 16.9. The lowest BCUT2D eigenvalue weighted by Gasteiger charge is -2.28. The number of pyridine rings is 1. The lowest BCUT2D eigenvalue weighted by Crippen LogP contribution is -2.43. The van der Waals surface area contributed by atoms with E-state index in [1.54, 1.807) is 13.2 Å². The first-order valence-corrected chi connectivity index (χ1v) is 7.79. The van der Waals surface area contributed by atoms with Gasteiger partial charge in [0.2, 0.25) is 5.88 Å². The second-order valence-electron chi connectivity index (χ2n) is 6.12. The Hall–Kier alpha value is -1.62. The van der Waals surface area contributed by atoms with E-state index >= 15 is 0 Å². The third-order valence-electron chi connectivity index (χ3n) is 3.49. The Morgan fingerprint density at radius 1 is 1.41 bits per heavy atom. The van der Waals surface area contributed by atoms with E-state index in [1.165, 1.54) is 0 Å². The van der Waals surface area contributed by atoms with Crippen LogP contribution in [0.4, 0.5) is 5.69 Å². The average molecular weight is 308 g/mol. The van der Waals surface area contributed by atoms with Gasteiger partial charge in [-0.05, 0) is 38.7 Å². The molecule has 5 heteroatoms. The molecule has 0 aliphatic rings. The molecule has 1 atom stereocenters. The molecule has 1 rings (SSSR count). The molecule has 1 aromatic heterocycles. The number of hydrogen-bond acceptors (Lipinski definition) is 4. The second kappa shape index (κ2) is 8.13. The van der Waals surface area contributed by atoms with Crippen LogP contribution in [0, 0.1) is 12.8 Å². The number of nitrogens with zero attached hydrogens (tertiary/aromatic N) is 1. The number of nitrogens with one attached hydrogen (secondary N) is 1. The topological polar surface area (TPSA) is 60.5 Å². The Morgan fingerprint density at radius 3 is 2.59 bits per heavy atom. The number of amides is 1. The number of hydrogen-bond donors (Lipinski definition) is 1. The fourth-order valence-electron chi connectivity index (χ4n) is 2.26. The summed E-state index contributed by atoms with van der Waals surface area (Å²) >= 11 is 0. The Bertz CT molecular complexity index is 503. The van der Waals surface area contributed by atoms with E-state index in [-0.39, 0.29) is 5.91 Å². The number of aromatic nitrogens is 1. The number of carbonyl (C=O) groups is 1. The van der Waals surface area contributed by atoms with Crippen LogP contribution < -0.4 is 10.1 Å². The van der Waals surface area contributed by atoms with E-state index in [0.29, 0.717) is 30.5 Å². The van der Waals surface area contributed by atoms with Gasteiger partial charge in [-0.15, -0.1) is 0 Å². The molecule has 1 aromatic rings. The van der Waals surface area contributed by atoms with Crippen molar-refractivity contribution in [3.8, 4) is 5.88 Å². The molecule has 0 radical (unpaired) electrons. The van der Waals surface area contributed by atoms with Crippen LogP contribution in [0.5, 0.6) is 5.88 Å². The van der Waals surface area contributed by atoms with Gasteiger partial charge in [0.05, 0.1) is 18.0 Å². The van der Waals surface area contributed by atoms with Gasteiger partial charge in [0.1, 0.15) is 5.60 Å². The molecule has 5 nitrogen and oxygen atoms in total. The van der Waals surface area contributed by atoms with Gasteiger partial charge in [-0.1, -0.05) is 20.8 Å². The van der Waals surface area contributed by atoms with Gasteiger partial charge < -0.3 is 14.8 Å². The monoisotopic (exact) mass is 308 g/mol. The molecule has 0 aliphatic carbocycles. The number of rotatable bonds is 8. The number of ether oxygens (including phenoxy) is 2. The van der Waals surface area contributed by atoms with Gasteiger partial charge in [0.25, 0.3) is 5.91 Å². The summed E-state index contributed by atoms with van der Waals surface area (Å²) in [6.45, 7) is 10.5. The van der Waals surface area contributed by atoms with Gasteiger partial charge in [-0.25, -0.2) is 4.98 Å². The van der Waals surface area contributed by atoms with Crippen molar-refractivity contribution in [1.82, 2.24) is 4.98 Å². The fraction of sp³-hybridized carbons (Fsp3) is 0.647. The number of anilines is 1. The minimum atomic E-state index is -0.849. The van der Waals surface area contributed by atoms with Crippen molar-refractivity contribution in [2.75, 3.05) is 19.0 Å². The molecular formula is C17H28N2O3. The standard InChI is InChI=1S/C17H28N2O3/c1-7-10-22-15-9-8-14(13(4)18-15)19-16(20)17(5,21-6)11-12(2)3/h8-9,12H,7,10-11H2,1-6H3,(H,19,20)/t17-/m0/s1. The molecule has 124 valence electrons. The zero-order valence-electron chi connectivity index (χ0n) is 14.5. The number of methoxy groups -OCH3 is 1. The van der Waals surface area contributed by atoms with Gasteiger partial charge in [0.15, 0.2) is 0 Å². The van der Waals surface area contributed by atoms with Crippen molar-refractivity contribution in [3.63, 3.8) is 0 Å². The Kier molecular flexibility index (Phi) is 6.81. The van der Waals surface area contributed by atoms with Gasteiger partial charge in [-0.3, -0.25) is 4.79 Å². The molecule has 0 aromatic carbocycles. The van der Waals surface area contributed by atoms with E-state index in [4.69, 9.17) is 9.47 Å². The maximum Gasteiger partial charge on any atom is 0.256 e. The zero-order chi connectivity index (χ0) is 16.8. The summed E-state index contributed by atoms with van der Waals surface area (Å²) in [6, 6.07) is 3.58. The highest BCUT2D eigenvalue weighted by molar-refractivity contribution is 5.97. The molecule has 22 heavy (non-hydrogen) atoms. The first-order valence-electron chi connectivity index (χ1n) is 7.79. The molecule has 0 unspecified atom stereocenters. The molecule has 0 fully saturated rings. The van der Waals surface area contributed by atoms with Crippen molar-refractivity contribution >= 4 is 11.6 Å². The van der Waals surface area contributed by atoms with Gasteiger partial charge in [-0.2, -0.15) is 0 Å². The predicted molar refractivity (Wildman–Crippen MR) is 88.3 cm³/mol. The normalized spacial score (nSPS) is 13.8. The SMILES string of the molecule is CCCOc1ccc(NC(=O)[C@](C)(CC(C)C)OC)c(C)n1. The Morgan fingerprint density at radius 2 is 2.09 bits per heavy atom. The van der Waals surface area contributed by atoms with E-state index in [1.807, 2.05) is 26.8 Å². The highest BCUT2D eigenvalue weighted by Crippen LogP contribution is 2.24. The van der Waals surface area contributed by atoms with Crippen LogP contribution in [0.1, 0.15) is 46.2 Å². The minimum Gasteiger partial charge on any atom is -0.478 e. The molecular weight excluding hydrogens is 280 g/mol. The van der Waals surface area contributed by atoms with Crippen molar-refractivity contribution in [3.05, 3.63) is 17.8 Å². The average Bonchev–Trinajstić information content (AvgIpc) is 2.46. The predicted octanol–water partition coefficient (Wildman–Crippen LogP) is 3.57. The van der Waals surface area contributed by atoms with Crippen molar-refractivity contribution in [2.24, 2.45) is 5.92 Å². The largest absolute Gasteiger partial charge is 0.478 e. The quantitative estimate of drug-likeness (QED) is 0.797. The van der Waals surface area contributed by atoms with Crippen LogP contribution in [0.25, 0.3) is 0 Å². The van der Waals surface area contributed by atoms with Crippen LogP contribution in [-0.2, 0) is 9.53 Å². The summed E-state index contributed by atoms with van der Waals surface area (Å²) in [5.41, 5.74) is 0.559. The second-order valence-corrected chi connectivity index (χ2v) is 6.12. The first-order chi connectivity index (χ1) is 10.3. The van der Waals surface area contributed by atoms with Crippen molar-refractivity contribution in [2.45, 2.75) is 53.1 Å². The Labute approximate surface area is 133 Å². The van der Waals surface area contributed by atoms with E-state index < -0.39 is 5.60 Å². The van der Waals surface area contributed by atoms with Gasteiger partial charge >= 0.3 is 0 Å². The summed E-state index contributed by atoms with van der Waals surface area (Å²) in [5.74, 6) is 0.782. The summed E-state index contributed by atoms with van der Waals surface area (Å²) in [6.07, 6.45) is 1.58. The van der Waals surface area contributed by atoms with Crippen molar-refractivity contribution in [1.29, 1.82) is 0 Å². The maximum atomic E-state index is 12.5. The third-order valence-corrected chi connectivity index (χ3v) is 3.49. The molecule has 0 saturated carbocycles. The smallest absolute Gasteiger partial charge is 0.256 e. The van der Waals surface area contributed by atoms with E-state index in [2.05, 4.69) is 24.1 Å². The van der Waals surface area contributed by atoms with Crippen LogP contribution in [-0.4, -0.2) is 30.2 Å². The lowest BCUT2D eigenvalue weighted by molar-refractivity contribution is -0.137. The van der Waals surface area contributed by atoms with E-state index in [0.717, 1.165) is 12.1 Å². The molecule has 0 bridgehead atoms. The van der Waals surface area contributed by atoms with Crippen LogP contribution in [0.15, 0.2) is 12.1 Å². The van der Waals surface area contributed by atoms with E-state index in [9.17, 15) is 4.79 Å². The molecule has 0 spiro atoms. The summed E-state index contributed by atoms with van der Waals surface area (Å²) in [7, 11) is 1.56. The summed E-state index contributed by atoms with van der Waals surface area (Å²) < 4.78 is 10.9. The highest BCUT2D eigenvalue weighted by Gasteiger charge is 2.34. The highest BCUT2D eigenvalue weighted by atomic mass is 16.5. The van der Waals surface area contributed by atoms with Crippen LogP contribution >= 0.6 is 0 Å². The summed E-state index contributed by atoms with van der Waals surface area (Å²) in [5, 5.41) is 2.91. The molecule has 1 N–H and O–H groups in total. The lowest BCUT2D eigenvalue weighted by atomic mass is 9.93. The molecule has 1 heterocycles. The molecule has 0 aliphatic heterocycles. The van der Waals surface area contributed by atoms with Crippen molar-refractivity contribution < 1.29 is 14.3 Å². The first kappa shape index (κ1) is 18.4. The Balaban J connectivity index is 2.83. The minimum absolute atomic E-state index is 0.157. The van der Waals surface area contributed by atoms with Crippen LogP contribution in [0.3, 0.4) is 0 Å². The van der Waals surface area contributed by atoms with Gasteiger partial charge in [0, 0.05) is 13.2 Å². The maximum absolute atomic E-state index is 12.5. The molecule has 0 saturated heterocycles. The number of carbonyl (C=O) groups excluding carboxylic acids is 1. The fourth-order valence-corrected chi connectivity index (χ4v) is 2.26. The van der Waals surface area contributed by atoms with Crippen LogP contribution in [0.2, 0.25) is 0 Å². The third kappa shape index (κ3) is 4.98. The number of aryl methyl sites for hydroxylation is 1. The zero-order valence-corrected chi connectivity index (χ0v) is 14.5.